The number of benzene rings is 2. The van der Waals surface area contributed by atoms with E-state index in [0.717, 1.165) is 11.1 Å². The van der Waals surface area contributed by atoms with E-state index in [1.54, 1.807) is 13.0 Å². The highest BCUT2D eigenvalue weighted by atomic mass is 32.2. The van der Waals surface area contributed by atoms with E-state index >= 15 is 0 Å². The number of rotatable bonds is 4. The van der Waals surface area contributed by atoms with Gasteiger partial charge in [0.2, 0.25) is 17.7 Å². The van der Waals surface area contributed by atoms with Gasteiger partial charge in [0.15, 0.2) is 0 Å². The van der Waals surface area contributed by atoms with Gasteiger partial charge in [-0.15, -0.1) is 10.2 Å². The molecule has 142 valence electrons. The van der Waals surface area contributed by atoms with Gasteiger partial charge < -0.3 is 9.73 Å². The molecule has 1 N–H and O–H groups in total. The third-order valence-electron chi connectivity index (χ3n) is 4.37. The normalized spacial score (nSPS) is 14.4. The first kappa shape index (κ1) is 18.2. The summed E-state index contributed by atoms with van der Waals surface area (Å²) in [6.07, 6.45) is 0. The van der Waals surface area contributed by atoms with E-state index < -0.39 is 5.25 Å². The Morgan fingerprint density at radius 3 is 2.71 bits per heavy atom. The van der Waals surface area contributed by atoms with Crippen molar-refractivity contribution in [3.05, 3.63) is 54.1 Å². The van der Waals surface area contributed by atoms with Crippen LogP contribution in [0.3, 0.4) is 0 Å². The number of anilines is 2. The fourth-order valence-corrected chi connectivity index (χ4v) is 3.67. The van der Waals surface area contributed by atoms with Crippen molar-refractivity contribution in [2.45, 2.75) is 24.3 Å². The average molecular weight is 394 g/mol. The van der Waals surface area contributed by atoms with Crippen LogP contribution in [0.1, 0.15) is 12.5 Å². The van der Waals surface area contributed by atoms with Gasteiger partial charge in [0, 0.05) is 5.56 Å². The third kappa shape index (κ3) is 3.63. The molecule has 0 bridgehead atoms. The number of fused-ring (bicyclic) bond motifs is 1. The van der Waals surface area contributed by atoms with Crippen LogP contribution in [-0.2, 0) is 9.59 Å². The smallest absolute Gasteiger partial charge is 0.277 e. The molecule has 2 amide bonds. The number of carbonyl (C=O) groups excluding carboxylic acids is 2. The number of para-hydroxylation sites is 2. The molecule has 0 saturated carbocycles. The lowest BCUT2D eigenvalue weighted by Crippen LogP contribution is -2.45. The molecule has 0 aliphatic carbocycles. The molecule has 2 heterocycles. The van der Waals surface area contributed by atoms with Gasteiger partial charge in [-0.05, 0) is 38.1 Å². The molecule has 8 heteroatoms. The summed E-state index contributed by atoms with van der Waals surface area (Å²) in [7, 11) is 0. The number of amides is 2. The Morgan fingerprint density at radius 1 is 1.18 bits per heavy atom. The number of hydrogen-bond donors (Lipinski definition) is 1. The zero-order chi connectivity index (χ0) is 19.7. The highest BCUT2D eigenvalue weighted by Gasteiger charge is 2.31. The molecule has 28 heavy (non-hydrogen) atoms. The molecule has 4 rings (SSSR count). The summed E-state index contributed by atoms with van der Waals surface area (Å²) in [4.78, 5) is 26.4. The van der Waals surface area contributed by atoms with Crippen molar-refractivity contribution < 1.29 is 14.0 Å². The summed E-state index contributed by atoms with van der Waals surface area (Å²) in [5.74, 6) is -0.00377. The Balaban J connectivity index is 1.50. The van der Waals surface area contributed by atoms with E-state index in [2.05, 4.69) is 15.5 Å². The summed E-state index contributed by atoms with van der Waals surface area (Å²) < 4.78 is 5.70. The minimum absolute atomic E-state index is 0.0147. The van der Waals surface area contributed by atoms with Gasteiger partial charge in [0.05, 0.1) is 16.6 Å². The molecule has 0 saturated heterocycles. The Bertz CT molecular complexity index is 1030. The first-order chi connectivity index (χ1) is 13.5. The van der Waals surface area contributed by atoms with Crippen LogP contribution in [0.25, 0.3) is 11.5 Å². The number of nitrogens with one attached hydrogen (secondary N) is 1. The SMILES string of the molecule is Cc1ccc(-c2nnc(S[C@H](C)C(=O)N3CC(=O)Nc4ccccc43)o2)cc1. The largest absolute Gasteiger partial charge is 0.411 e. The summed E-state index contributed by atoms with van der Waals surface area (Å²) in [5.41, 5.74) is 3.28. The second kappa shape index (κ2) is 7.47. The fraction of sp³-hybridized carbons (Fsp3) is 0.200. The maximum atomic E-state index is 13.0. The van der Waals surface area contributed by atoms with Crippen LogP contribution >= 0.6 is 11.8 Å². The number of aryl methyl sites for hydroxylation is 1. The van der Waals surface area contributed by atoms with Crippen molar-refractivity contribution >= 4 is 35.0 Å². The number of hydrogen-bond acceptors (Lipinski definition) is 6. The minimum atomic E-state index is -0.495. The monoisotopic (exact) mass is 394 g/mol. The number of carbonyl (C=O) groups is 2. The van der Waals surface area contributed by atoms with E-state index in [9.17, 15) is 9.59 Å². The van der Waals surface area contributed by atoms with E-state index in [-0.39, 0.29) is 18.4 Å². The second-order valence-corrected chi connectivity index (χ2v) is 7.78. The molecule has 3 aromatic rings. The second-order valence-electron chi connectivity index (χ2n) is 6.49. The zero-order valence-corrected chi connectivity index (χ0v) is 16.2. The van der Waals surface area contributed by atoms with Crippen LogP contribution in [0.2, 0.25) is 0 Å². The number of aromatic nitrogens is 2. The average Bonchev–Trinajstić information content (AvgIpc) is 3.15. The summed E-state index contributed by atoms with van der Waals surface area (Å²) in [5, 5.41) is 10.7. The van der Waals surface area contributed by atoms with E-state index in [4.69, 9.17) is 4.42 Å². The first-order valence-electron chi connectivity index (χ1n) is 8.79. The Morgan fingerprint density at radius 2 is 1.93 bits per heavy atom. The predicted molar refractivity (Wildman–Crippen MR) is 107 cm³/mol. The number of nitrogens with zero attached hydrogens (tertiary/aromatic N) is 3. The standard InChI is InChI=1S/C20H18N4O3S/c1-12-7-9-14(10-8-12)18-22-23-20(27-18)28-13(2)19(26)24-11-17(25)21-15-5-3-4-6-16(15)24/h3-10,13H,11H2,1-2H3,(H,21,25)/t13-/m1/s1. The lowest BCUT2D eigenvalue weighted by Gasteiger charge is -2.30. The van der Waals surface area contributed by atoms with Crippen LogP contribution in [-0.4, -0.2) is 33.8 Å². The van der Waals surface area contributed by atoms with Crippen molar-refractivity contribution in [2.24, 2.45) is 0 Å². The first-order valence-corrected chi connectivity index (χ1v) is 9.66. The van der Waals surface area contributed by atoms with E-state index in [0.29, 0.717) is 22.5 Å². The lowest BCUT2D eigenvalue weighted by molar-refractivity contribution is -0.121. The molecule has 7 nitrogen and oxygen atoms in total. The van der Waals surface area contributed by atoms with Gasteiger partial charge in [0.25, 0.3) is 5.22 Å². The molecular formula is C20H18N4O3S. The molecule has 1 aliphatic rings. The van der Waals surface area contributed by atoms with Gasteiger partial charge >= 0.3 is 0 Å². The van der Waals surface area contributed by atoms with Crippen molar-refractivity contribution in [3.63, 3.8) is 0 Å². The van der Waals surface area contributed by atoms with Crippen molar-refractivity contribution in [2.75, 3.05) is 16.8 Å². The van der Waals surface area contributed by atoms with Crippen molar-refractivity contribution in [1.82, 2.24) is 10.2 Å². The highest BCUT2D eigenvalue weighted by molar-refractivity contribution is 8.00. The van der Waals surface area contributed by atoms with Gasteiger partial charge in [-0.25, -0.2) is 0 Å². The minimum Gasteiger partial charge on any atom is -0.411 e. The molecule has 0 spiro atoms. The zero-order valence-electron chi connectivity index (χ0n) is 15.4. The van der Waals surface area contributed by atoms with Crippen LogP contribution < -0.4 is 10.2 Å². The van der Waals surface area contributed by atoms with Crippen LogP contribution in [0.4, 0.5) is 11.4 Å². The quantitative estimate of drug-likeness (QED) is 0.681. The highest BCUT2D eigenvalue weighted by Crippen LogP contribution is 2.32. The molecule has 0 unspecified atom stereocenters. The molecular weight excluding hydrogens is 376 g/mol. The Kier molecular flexibility index (Phi) is 4.87. The van der Waals surface area contributed by atoms with Crippen LogP contribution in [0.5, 0.6) is 0 Å². The summed E-state index contributed by atoms with van der Waals surface area (Å²) in [6.45, 7) is 3.75. The van der Waals surface area contributed by atoms with Crippen molar-refractivity contribution in [1.29, 1.82) is 0 Å². The van der Waals surface area contributed by atoms with E-state index in [1.807, 2.05) is 49.4 Å². The lowest BCUT2D eigenvalue weighted by atomic mass is 10.1. The number of thioether (sulfide) groups is 1. The van der Waals surface area contributed by atoms with E-state index in [1.165, 1.54) is 16.7 Å². The molecule has 1 aromatic heterocycles. The van der Waals surface area contributed by atoms with Gasteiger partial charge in [-0.3, -0.25) is 14.5 Å². The summed E-state index contributed by atoms with van der Waals surface area (Å²) in [6, 6.07) is 15.0. The van der Waals surface area contributed by atoms with Crippen molar-refractivity contribution in [3.8, 4) is 11.5 Å². The fourth-order valence-electron chi connectivity index (χ4n) is 2.92. The Hall–Kier alpha value is -3.13. The maximum absolute atomic E-state index is 13.0. The molecule has 0 fully saturated rings. The van der Waals surface area contributed by atoms with Gasteiger partial charge in [-0.2, -0.15) is 0 Å². The molecule has 2 aromatic carbocycles. The third-order valence-corrected chi connectivity index (χ3v) is 5.29. The predicted octanol–water partition coefficient (Wildman–Crippen LogP) is 3.51. The summed E-state index contributed by atoms with van der Waals surface area (Å²) >= 11 is 1.18. The Labute approximate surface area is 166 Å². The molecule has 1 aliphatic heterocycles. The molecule has 0 radical (unpaired) electrons. The maximum Gasteiger partial charge on any atom is 0.277 e. The van der Waals surface area contributed by atoms with Crippen LogP contribution in [0, 0.1) is 6.92 Å². The van der Waals surface area contributed by atoms with Gasteiger partial charge in [0.1, 0.15) is 6.54 Å². The topological polar surface area (TPSA) is 88.3 Å². The van der Waals surface area contributed by atoms with Crippen LogP contribution in [0.15, 0.2) is 58.2 Å². The van der Waals surface area contributed by atoms with Gasteiger partial charge in [-0.1, -0.05) is 41.6 Å². The molecule has 1 atom stereocenters.